The highest BCUT2D eigenvalue weighted by molar-refractivity contribution is 5.51. The van der Waals surface area contributed by atoms with E-state index in [1.165, 1.54) is 0 Å². The van der Waals surface area contributed by atoms with Crippen molar-refractivity contribution >= 4 is 6.29 Å². The third kappa shape index (κ3) is 2.64. The molecular formula is C7H12O3. The third-order valence-corrected chi connectivity index (χ3v) is 1.15. The van der Waals surface area contributed by atoms with Crippen molar-refractivity contribution in [3.63, 3.8) is 0 Å². The van der Waals surface area contributed by atoms with E-state index in [9.17, 15) is 4.79 Å². The first kappa shape index (κ1) is 9.17. The van der Waals surface area contributed by atoms with Crippen LogP contribution in [0.2, 0.25) is 0 Å². The molecule has 58 valence electrons. The maximum absolute atomic E-state index is 9.85. The molecule has 0 aromatic rings. The fourth-order valence-corrected chi connectivity index (χ4v) is 0.536. The van der Waals surface area contributed by atoms with Crippen LogP contribution in [0.1, 0.15) is 20.3 Å². The van der Waals surface area contributed by atoms with Gasteiger partial charge in [0.25, 0.3) is 0 Å². The van der Waals surface area contributed by atoms with Crippen LogP contribution in [0.25, 0.3) is 0 Å². The molecule has 0 aromatic carbocycles. The van der Waals surface area contributed by atoms with Crippen LogP contribution in [-0.2, 0) is 4.79 Å². The number of carbonyl (C=O) groups is 1. The smallest absolute Gasteiger partial charge is 0.123 e. The molecule has 2 N–H and O–H groups in total. The number of aliphatic hydroxyl groups is 2. The number of hydrogen-bond donors (Lipinski definition) is 2. The summed E-state index contributed by atoms with van der Waals surface area (Å²) in [5.74, 6) is -0.105. The van der Waals surface area contributed by atoms with Crippen LogP contribution in [-0.4, -0.2) is 22.6 Å². The second-order valence-corrected chi connectivity index (χ2v) is 2.30. The van der Waals surface area contributed by atoms with Gasteiger partial charge in [-0.2, -0.15) is 0 Å². The quantitative estimate of drug-likeness (QED) is 0.454. The summed E-state index contributed by atoms with van der Waals surface area (Å²) in [6.07, 6.45) is -0.497. The van der Waals surface area contributed by atoms with E-state index >= 15 is 0 Å². The molecule has 0 fully saturated rings. The molecule has 0 amide bonds. The molecule has 0 aliphatic heterocycles. The van der Waals surface area contributed by atoms with Gasteiger partial charge < -0.3 is 15.0 Å². The van der Waals surface area contributed by atoms with Crippen molar-refractivity contribution in [3.8, 4) is 0 Å². The van der Waals surface area contributed by atoms with Gasteiger partial charge >= 0.3 is 0 Å². The van der Waals surface area contributed by atoms with Crippen molar-refractivity contribution in [2.24, 2.45) is 0 Å². The lowest BCUT2D eigenvalue weighted by Crippen LogP contribution is -2.11. The molecule has 10 heavy (non-hydrogen) atoms. The van der Waals surface area contributed by atoms with Gasteiger partial charge in [0, 0.05) is 6.42 Å². The highest BCUT2D eigenvalue weighted by Gasteiger charge is 2.08. The summed E-state index contributed by atoms with van der Waals surface area (Å²) in [7, 11) is 0. The van der Waals surface area contributed by atoms with Crippen molar-refractivity contribution < 1.29 is 15.0 Å². The van der Waals surface area contributed by atoms with Crippen LogP contribution in [0.5, 0.6) is 0 Å². The summed E-state index contributed by atoms with van der Waals surface area (Å²) in [6.45, 7) is 3.34. The fraction of sp³-hybridized carbons (Fsp3) is 0.571. The fourth-order valence-electron chi connectivity index (χ4n) is 0.536. The summed E-state index contributed by atoms with van der Waals surface area (Å²) in [4.78, 5) is 9.85. The number of aliphatic hydroxyl groups excluding tert-OH is 2. The van der Waals surface area contributed by atoms with E-state index in [2.05, 4.69) is 0 Å². The largest absolute Gasteiger partial charge is 0.510 e. The lowest BCUT2D eigenvalue weighted by atomic mass is 10.1. The van der Waals surface area contributed by atoms with E-state index in [1.807, 2.05) is 0 Å². The summed E-state index contributed by atoms with van der Waals surface area (Å²) < 4.78 is 0. The Morgan fingerprint density at radius 3 is 2.40 bits per heavy atom. The molecule has 0 aromatic heterocycles. The Morgan fingerprint density at radius 2 is 2.10 bits per heavy atom. The average molecular weight is 144 g/mol. The summed E-state index contributed by atoms with van der Waals surface area (Å²) in [5, 5.41) is 17.9. The van der Waals surface area contributed by atoms with Crippen molar-refractivity contribution in [2.45, 2.75) is 26.4 Å². The minimum atomic E-state index is -1.03. The number of hydrogen-bond acceptors (Lipinski definition) is 3. The van der Waals surface area contributed by atoms with Crippen molar-refractivity contribution in [1.29, 1.82) is 0 Å². The monoisotopic (exact) mass is 144 g/mol. The van der Waals surface area contributed by atoms with Gasteiger partial charge in [0.2, 0.25) is 0 Å². The molecular weight excluding hydrogens is 132 g/mol. The number of aldehydes is 1. The number of allylic oxidation sites excluding steroid dienone is 1. The van der Waals surface area contributed by atoms with Gasteiger partial charge in [0.1, 0.15) is 18.1 Å². The van der Waals surface area contributed by atoms with E-state index in [-0.39, 0.29) is 12.2 Å². The van der Waals surface area contributed by atoms with Gasteiger partial charge in [-0.05, 0) is 19.4 Å². The van der Waals surface area contributed by atoms with Crippen LogP contribution < -0.4 is 0 Å². The van der Waals surface area contributed by atoms with E-state index in [1.54, 1.807) is 13.8 Å². The molecule has 0 saturated carbocycles. The average Bonchev–Trinajstić information content (AvgIpc) is 1.87. The van der Waals surface area contributed by atoms with Crippen LogP contribution in [0.3, 0.4) is 0 Å². The van der Waals surface area contributed by atoms with Gasteiger partial charge in [0.05, 0.1) is 0 Å². The Bertz CT molecular complexity index is 145. The van der Waals surface area contributed by atoms with Gasteiger partial charge in [-0.25, -0.2) is 0 Å². The zero-order valence-corrected chi connectivity index (χ0v) is 6.16. The molecule has 0 aliphatic rings. The Morgan fingerprint density at radius 1 is 1.60 bits per heavy atom. The normalized spacial score (nSPS) is 12.3. The van der Waals surface area contributed by atoms with E-state index in [4.69, 9.17) is 10.2 Å². The zero-order valence-electron chi connectivity index (χ0n) is 6.16. The van der Waals surface area contributed by atoms with Crippen LogP contribution in [0.15, 0.2) is 11.3 Å². The van der Waals surface area contributed by atoms with Gasteiger partial charge in [-0.15, -0.1) is 0 Å². The maximum atomic E-state index is 9.85. The molecule has 1 atom stereocenters. The number of carbonyl (C=O) groups excluding carboxylic acids is 1. The molecule has 0 heterocycles. The Balaban J connectivity index is 4.06. The van der Waals surface area contributed by atoms with Crippen molar-refractivity contribution in [3.05, 3.63) is 11.3 Å². The molecule has 3 nitrogen and oxygen atoms in total. The van der Waals surface area contributed by atoms with Gasteiger partial charge in [-0.3, -0.25) is 0 Å². The molecule has 0 aliphatic carbocycles. The molecule has 1 unspecified atom stereocenters. The summed E-state index contributed by atoms with van der Waals surface area (Å²) >= 11 is 0. The second-order valence-electron chi connectivity index (χ2n) is 2.30. The predicted octanol–water partition coefficient (Wildman–Crippen LogP) is 0.788. The van der Waals surface area contributed by atoms with Crippen LogP contribution in [0, 0.1) is 0 Å². The highest BCUT2D eigenvalue weighted by Crippen LogP contribution is 2.06. The Hall–Kier alpha value is -0.830. The molecule has 0 radical (unpaired) electrons. The second kappa shape index (κ2) is 4.06. The van der Waals surface area contributed by atoms with Crippen molar-refractivity contribution in [1.82, 2.24) is 0 Å². The predicted molar refractivity (Wildman–Crippen MR) is 37.7 cm³/mol. The SMILES string of the molecule is CC(C)=C(O)C(O)CC=O. The van der Waals surface area contributed by atoms with E-state index in [0.717, 1.165) is 0 Å². The summed E-state index contributed by atoms with van der Waals surface area (Å²) in [6, 6.07) is 0. The maximum Gasteiger partial charge on any atom is 0.123 e. The molecule has 0 rings (SSSR count). The first-order valence-corrected chi connectivity index (χ1v) is 3.07. The minimum absolute atomic E-state index is 0.0446. The topological polar surface area (TPSA) is 57.5 Å². The molecule has 3 heteroatoms. The molecule has 0 saturated heterocycles. The summed E-state index contributed by atoms with van der Waals surface area (Å²) in [5.41, 5.74) is 0.634. The lowest BCUT2D eigenvalue weighted by Gasteiger charge is -2.06. The zero-order chi connectivity index (χ0) is 8.15. The molecule has 0 spiro atoms. The van der Waals surface area contributed by atoms with Gasteiger partial charge in [-0.1, -0.05) is 0 Å². The Labute approximate surface area is 60.0 Å². The van der Waals surface area contributed by atoms with E-state index < -0.39 is 6.10 Å². The third-order valence-electron chi connectivity index (χ3n) is 1.15. The number of rotatable bonds is 3. The van der Waals surface area contributed by atoms with E-state index in [0.29, 0.717) is 11.9 Å². The standard InChI is InChI=1S/C7H12O3/c1-5(2)7(10)6(9)3-4-8/h4,6,9-10H,3H2,1-2H3. The van der Waals surface area contributed by atoms with Crippen molar-refractivity contribution in [2.75, 3.05) is 0 Å². The first-order valence-electron chi connectivity index (χ1n) is 3.07. The lowest BCUT2D eigenvalue weighted by molar-refractivity contribution is -0.109. The minimum Gasteiger partial charge on any atom is -0.510 e. The first-order chi connectivity index (χ1) is 4.59. The molecule has 0 bridgehead atoms. The Kier molecular flexibility index (Phi) is 3.72. The highest BCUT2D eigenvalue weighted by atomic mass is 16.3. The van der Waals surface area contributed by atoms with Crippen LogP contribution in [0.4, 0.5) is 0 Å². The van der Waals surface area contributed by atoms with Crippen LogP contribution >= 0.6 is 0 Å². The van der Waals surface area contributed by atoms with Gasteiger partial charge in [0.15, 0.2) is 0 Å².